The number of rotatable bonds is 4. The lowest BCUT2D eigenvalue weighted by Crippen LogP contribution is -2.39. The van der Waals surface area contributed by atoms with E-state index in [1.807, 2.05) is 6.07 Å². The zero-order valence-corrected chi connectivity index (χ0v) is 14.9. The number of nitrogens with two attached hydrogens (primary N) is 1. The second kappa shape index (κ2) is 5.43. The van der Waals surface area contributed by atoms with Crippen LogP contribution in [0.15, 0.2) is 33.5 Å². The summed E-state index contributed by atoms with van der Waals surface area (Å²) in [6, 6.07) is 7.13. The Labute approximate surface area is 148 Å². The van der Waals surface area contributed by atoms with Crippen molar-refractivity contribution in [2.24, 2.45) is 16.6 Å². The second-order valence-corrected chi connectivity index (χ2v) is 8.05. The van der Waals surface area contributed by atoms with Gasteiger partial charge in [-0.15, -0.1) is 0 Å². The van der Waals surface area contributed by atoms with Crippen LogP contribution >= 0.6 is 15.9 Å². The normalized spacial score (nSPS) is 23.9. The zero-order valence-electron chi connectivity index (χ0n) is 13.3. The number of aromatic amines is 1. The molecule has 2 fully saturated rings. The number of carbonyl (C=O) groups excluding carboxylic acids is 1. The minimum atomic E-state index is -0.255. The van der Waals surface area contributed by atoms with E-state index in [4.69, 9.17) is 5.73 Å². The molecule has 4 N–H and O–H groups in total. The van der Waals surface area contributed by atoms with Crippen molar-refractivity contribution in [3.05, 3.63) is 44.8 Å². The molecule has 5 nitrogen and oxygen atoms in total. The maximum Gasteiger partial charge on any atom is 0.267 e. The molecule has 1 amide bonds. The number of amides is 1. The van der Waals surface area contributed by atoms with Crippen LogP contribution in [0.4, 0.5) is 0 Å². The average Bonchev–Trinajstić information content (AvgIpc) is 3.24. The van der Waals surface area contributed by atoms with E-state index in [-0.39, 0.29) is 22.6 Å². The summed E-state index contributed by atoms with van der Waals surface area (Å²) in [5.41, 5.74) is 6.44. The van der Waals surface area contributed by atoms with Crippen molar-refractivity contribution in [3.63, 3.8) is 0 Å². The molecule has 1 atom stereocenters. The Kier molecular flexibility index (Phi) is 3.58. The maximum absolute atomic E-state index is 12.5. The molecule has 2 aromatic rings. The number of aromatic nitrogens is 1. The van der Waals surface area contributed by atoms with Gasteiger partial charge in [-0.05, 0) is 42.9 Å². The van der Waals surface area contributed by atoms with Gasteiger partial charge >= 0.3 is 0 Å². The van der Waals surface area contributed by atoms with Gasteiger partial charge in [0.2, 0.25) is 0 Å². The van der Waals surface area contributed by atoms with Gasteiger partial charge in [-0.1, -0.05) is 28.4 Å². The molecule has 1 unspecified atom stereocenters. The van der Waals surface area contributed by atoms with Gasteiger partial charge in [-0.3, -0.25) is 9.59 Å². The highest BCUT2D eigenvalue weighted by Crippen LogP contribution is 2.73. The number of H-pyrrole nitrogens is 1. The predicted octanol–water partition coefficient (Wildman–Crippen LogP) is 2.54. The predicted molar refractivity (Wildman–Crippen MR) is 97.0 cm³/mol. The van der Waals surface area contributed by atoms with Crippen molar-refractivity contribution in [3.8, 4) is 0 Å². The number of fused-ring (bicyclic) bond motifs is 1. The smallest absolute Gasteiger partial charge is 0.267 e. The van der Waals surface area contributed by atoms with Gasteiger partial charge in [-0.2, -0.15) is 0 Å². The summed E-state index contributed by atoms with van der Waals surface area (Å²) in [7, 11) is 0. The maximum atomic E-state index is 12.5. The number of pyridine rings is 1. The molecule has 1 heterocycles. The number of hydrogen-bond donors (Lipinski definition) is 3. The molecule has 2 aliphatic rings. The fraction of sp³-hybridized carbons (Fsp3) is 0.444. The van der Waals surface area contributed by atoms with Crippen LogP contribution < -0.4 is 16.6 Å². The molecule has 126 valence electrons. The molecular weight excluding hydrogens is 370 g/mol. The Hall–Kier alpha value is -1.66. The van der Waals surface area contributed by atoms with Crippen molar-refractivity contribution < 1.29 is 4.79 Å². The molecule has 4 rings (SSSR count). The third-order valence-electron chi connectivity index (χ3n) is 6.04. The topological polar surface area (TPSA) is 88.0 Å². The molecule has 1 aromatic carbocycles. The lowest BCUT2D eigenvalue weighted by molar-refractivity contribution is 0.0928. The van der Waals surface area contributed by atoms with E-state index >= 15 is 0 Å². The minimum Gasteiger partial charge on any atom is -0.350 e. The van der Waals surface area contributed by atoms with Gasteiger partial charge in [0.15, 0.2) is 0 Å². The Morgan fingerprint density at radius 1 is 1.33 bits per heavy atom. The molecule has 2 saturated carbocycles. The SMILES string of the molecule is NCC1(CNC(=O)c2cc3c(Br)cccc3c(=O)[nH]2)CC12CCC2. The fourth-order valence-electron chi connectivity index (χ4n) is 4.24. The quantitative estimate of drug-likeness (QED) is 0.750. The monoisotopic (exact) mass is 389 g/mol. The molecule has 6 heteroatoms. The van der Waals surface area contributed by atoms with Crippen LogP contribution in [0.5, 0.6) is 0 Å². The Balaban J connectivity index is 1.56. The lowest BCUT2D eigenvalue weighted by Gasteiger charge is -2.32. The average molecular weight is 390 g/mol. The summed E-state index contributed by atoms with van der Waals surface area (Å²) in [5, 5.41) is 4.29. The third kappa shape index (κ3) is 2.24. The van der Waals surface area contributed by atoms with E-state index in [1.54, 1.807) is 18.2 Å². The van der Waals surface area contributed by atoms with Crippen LogP contribution in [-0.2, 0) is 0 Å². The van der Waals surface area contributed by atoms with Crippen LogP contribution in [0.2, 0.25) is 0 Å². The fourth-order valence-corrected chi connectivity index (χ4v) is 4.72. The highest BCUT2D eigenvalue weighted by Gasteiger charge is 2.68. The molecule has 24 heavy (non-hydrogen) atoms. The van der Waals surface area contributed by atoms with E-state index in [9.17, 15) is 9.59 Å². The first-order chi connectivity index (χ1) is 11.5. The number of nitrogens with one attached hydrogen (secondary N) is 2. The largest absolute Gasteiger partial charge is 0.350 e. The van der Waals surface area contributed by atoms with E-state index in [0.717, 1.165) is 16.3 Å². The summed E-state index contributed by atoms with van der Waals surface area (Å²) in [6.07, 6.45) is 4.82. The Morgan fingerprint density at radius 3 is 2.75 bits per heavy atom. The van der Waals surface area contributed by atoms with Gasteiger partial charge < -0.3 is 16.0 Å². The van der Waals surface area contributed by atoms with Crippen LogP contribution in [0, 0.1) is 10.8 Å². The highest BCUT2D eigenvalue weighted by atomic mass is 79.9. The first kappa shape index (κ1) is 15.8. The van der Waals surface area contributed by atoms with Crippen molar-refractivity contribution >= 4 is 32.6 Å². The van der Waals surface area contributed by atoms with E-state index < -0.39 is 0 Å². The molecule has 2 aliphatic carbocycles. The summed E-state index contributed by atoms with van der Waals surface area (Å²) in [4.78, 5) is 27.4. The highest BCUT2D eigenvalue weighted by molar-refractivity contribution is 9.10. The lowest BCUT2D eigenvalue weighted by atomic mass is 9.75. The van der Waals surface area contributed by atoms with Crippen molar-refractivity contribution in [2.45, 2.75) is 25.7 Å². The third-order valence-corrected chi connectivity index (χ3v) is 6.74. The van der Waals surface area contributed by atoms with Gasteiger partial charge in [0, 0.05) is 33.7 Å². The summed E-state index contributed by atoms with van der Waals surface area (Å²) in [5.74, 6) is -0.251. The standard InChI is InChI=1S/C18H20BrN3O2/c19-13-4-1-3-11-12(13)7-14(22-15(11)23)16(24)21-10-18(9-20)8-17(18)5-2-6-17/h1,3-4,7H,2,5-6,8-10,20H2,(H,21,24)(H,22,23). The van der Waals surface area contributed by atoms with Gasteiger partial charge in [0.25, 0.3) is 11.5 Å². The molecule has 0 saturated heterocycles. The molecular formula is C18H20BrN3O2. The molecule has 0 aliphatic heterocycles. The minimum absolute atomic E-state index is 0.0542. The van der Waals surface area contributed by atoms with Gasteiger partial charge in [-0.25, -0.2) is 0 Å². The molecule has 0 bridgehead atoms. The second-order valence-electron chi connectivity index (χ2n) is 7.19. The number of halogens is 1. The van der Waals surface area contributed by atoms with Crippen molar-refractivity contribution in [1.82, 2.24) is 10.3 Å². The number of benzene rings is 1. The van der Waals surface area contributed by atoms with E-state index in [2.05, 4.69) is 26.2 Å². The Bertz CT molecular complexity index is 887. The Morgan fingerprint density at radius 2 is 2.12 bits per heavy atom. The van der Waals surface area contributed by atoms with Crippen LogP contribution in [0.25, 0.3) is 10.8 Å². The summed E-state index contributed by atoms with van der Waals surface area (Å²) in [6.45, 7) is 1.19. The first-order valence-electron chi connectivity index (χ1n) is 8.30. The zero-order chi connectivity index (χ0) is 16.9. The number of hydrogen-bond acceptors (Lipinski definition) is 3. The summed E-state index contributed by atoms with van der Waals surface area (Å²) < 4.78 is 0.800. The van der Waals surface area contributed by atoms with Crippen molar-refractivity contribution in [1.29, 1.82) is 0 Å². The van der Waals surface area contributed by atoms with Gasteiger partial charge in [0.05, 0.1) is 0 Å². The first-order valence-corrected chi connectivity index (χ1v) is 9.09. The molecule has 1 aromatic heterocycles. The molecule has 1 spiro atoms. The van der Waals surface area contributed by atoms with Crippen LogP contribution in [0.1, 0.15) is 36.2 Å². The van der Waals surface area contributed by atoms with E-state index in [0.29, 0.717) is 23.9 Å². The molecule has 0 radical (unpaired) electrons. The van der Waals surface area contributed by atoms with E-state index in [1.165, 1.54) is 19.3 Å². The summed E-state index contributed by atoms with van der Waals surface area (Å²) >= 11 is 3.44. The van der Waals surface area contributed by atoms with Crippen LogP contribution in [-0.4, -0.2) is 24.0 Å². The van der Waals surface area contributed by atoms with Gasteiger partial charge in [0.1, 0.15) is 5.69 Å². The number of carbonyl (C=O) groups is 1. The van der Waals surface area contributed by atoms with Crippen LogP contribution in [0.3, 0.4) is 0 Å². The van der Waals surface area contributed by atoms with Crippen molar-refractivity contribution in [2.75, 3.05) is 13.1 Å².